The molecule has 7 rings (SSSR count). The number of carbonyl (C=O) groups is 2. The minimum absolute atomic E-state index is 0.0268. The summed E-state index contributed by atoms with van der Waals surface area (Å²) in [6, 6.07) is 21.4. The van der Waals surface area contributed by atoms with Crippen LogP contribution in [0.2, 0.25) is 0 Å². The molecule has 0 atom stereocenters. The molecule has 1 spiro atoms. The molecule has 3 fully saturated rings. The Morgan fingerprint density at radius 2 is 1.57 bits per heavy atom. The van der Waals surface area contributed by atoms with E-state index < -0.39 is 11.5 Å². The van der Waals surface area contributed by atoms with E-state index in [1.165, 1.54) is 12.1 Å². The highest BCUT2D eigenvalue weighted by atomic mass is 19.1. The molecule has 0 unspecified atom stereocenters. The van der Waals surface area contributed by atoms with Crippen LogP contribution in [0.4, 0.5) is 10.1 Å². The molecular weight excluding hydrogens is 561 g/mol. The highest BCUT2D eigenvalue weighted by Gasteiger charge is 2.53. The van der Waals surface area contributed by atoms with Gasteiger partial charge >= 0.3 is 11.7 Å². The molecular formula is C34H36FN5O4. The van der Waals surface area contributed by atoms with Crippen LogP contribution in [0.5, 0.6) is 0 Å². The lowest BCUT2D eigenvalue weighted by Gasteiger charge is -2.43. The van der Waals surface area contributed by atoms with E-state index in [1.807, 2.05) is 33.4 Å². The number of piperidine rings is 1. The van der Waals surface area contributed by atoms with Crippen molar-refractivity contribution in [2.24, 2.45) is 0 Å². The fourth-order valence-electron chi connectivity index (χ4n) is 7.14. The molecule has 1 N–H and O–H groups in total. The number of carbonyl (C=O) groups excluding carboxylic acids is 1. The Labute approximate surface area is 254 Å². The minimum Gasteiger partial charge on any atom is -0.478 e. The number of carboxylic acids is 1. The zero-order chi connectivity index (χ0) is 30.4. The van der Waals surface area contributed by atoms with Crippen LogP contribution in [-0.2, 0) is 17.9 Å². The van der Waals surface area contributed by atoms with Crippen LogP contribution >= 0.6 is 0 Å². The summed E-state index contributed by atoms with van der Waals surface area (Å²) in [7, 11) is 0. The van der Waals surface area contributed by atoms with E-state index in [0.717, 1.165) is 42.5 Å². The second-order valence-corrected chi connectivity index (χ2v) is 12.3. The molecule has 3 aromatic carbocycles. The van der Waals surface area contributed by atoms with E-state index in [-0.39, 0.29) is 29.5 Å². The van der Waals surface area contributed by atoms with Crippen LogP contribution in [0.15, 0.2) is 77.6 Å². The number of carboxylic acid groups (broad SMARTS) is 1. The van der Waals surface area contributed by atoms with E-state index in [9.17, 15) is 23.9 Å². The third kappa shape index (κ3) is 4.96. The Balaban J connectivity index is 1.07. The maximum absolute atomic E-state index is 14.2. The van der Waals surface area contributed by atoms with Gasteiger partial charge in [0.15, 0.2) is 0 Å². The quantitative estimate of drug-likeness (QED) is 0.301. The lowest BCUT2D eigenvalue weighted by Crippen LogP contribution is -2.56. The number of anilines is 1. The van der Waals surface area contributed by atoms with E-state index >= 15 is 0 Å². The molecule has 228 valence electrons. The monoisotopic (exact) mass is 597 g/mol. The van der Waals surface area contributed by atoms with Crippen molar-refractivity contribution in [3.63, 3.8) is 0 Å². The third-order valence-electron chi connectivity index (χ3n) is 9.58. The summed E-state index contributed by atoms with van der Waals surface area (Å²) < 4.78 is 17.7. The molecule has 1 aliphatic carbocycles. The predicted molar refractivity (Wildman–Crippen MR) is 165 cm³/mol. The molecule has 10 heteroatoms. The Hall–Kier alpha value is -4.44. The molecule has 1 aromatic heterocycles. The van der Waals surface area contributed by atoms with Crippen molar-refractivity contribution in [2.45, 2.75) is 56.8 Å². The Morgan fingerprint density at radius 1 is 0.886 bits per heavy atom. The summed E-state index contributed by atoms with van der Waals surface area (Å²) in [5.41, 5.74) is 2.82. The molecule has 1 saturated carbocycles. The Bertz CT molecular complexity index is 1770. The van der Waals surface area contributed by atoms with Gasteiger partial charge in [-0.3, -0.25) is 13.9 Å². The van der Waals surface area contributed by atoms with Crippen LogP contribution in [0, 0.1) is 5.82 Å². The van der Waals surface area contributed by atoms with Gasteiger partial charge in [0, 0.05) is 37.9 Å². The molecule has 0 radical (unpaired) electrons. The number of rotatable bonds is 9. The van der Waals surface area contributed by atoms with Gasteiger partial charge in [-0.25, -0.2) is 14.0 Å². The molecule has 4 aromatic rings. The number of halogens is 1. The summed E-state index contributed by atoms with van der Waals surface area (Å²) >= 11 is 0. The first-order chi connectivity index (χ1) is 21.4. The first-order valence-corrected chi connectivity index (χ1v) is 15.4. The van der Waals surface area contributed by atoms with Crippen LogP contribution in [0.1, 0.15) is 54.1 Å². The Kier molecular flexibility index (Phi) is 7.24. The van der Waals surface area contributed by atoms with Gasteiger partial charge in [-0.15, -0.1) is 0 Å². The zero-order valence-electron chi connectivity index (χ0n) is 24.6. The number of fused-ring (bicyclic) bond motifs is 1. The van der Waals surface area contributed by atoms with Crippen molar-refractivity contribution >= 4 is 28.6 Å². The maximum atomic E-state index is 14.2. The van der Waals surface area contributed by atoms with Crippen molar-refractivity contribution in [2.75, 3.05) is 31.2 Å². The standard InChI is InChI=1S/C34H36FN5O4/c35-25-10-12-26(13-11-25)39-23-37(22-24-6-1-2-7-28(24)31(41)42)32(43)34(39)16-20-36(21-17-34)18-5-19-38-29-8-3-4-9-30(29)40(33(38)44)27-14-15-27/h1-4,6-13,27H,5,14-23H2,(H,41,42). The normalized spacial score (nSPS) is 18.5. The van der Waals surface area contributed by atoms with Gasteiger partial charge in [-0.05, 0) is 86.7 Å². The van der Waals surface area contributed by atoms with Crippen molar-refractivity contribution in [1.82, 2.24) is 18.9 Å². The number of hydrogen-bond donors (Lipinski definition) is 1. The van der Waals surface area contributed by atoms with Gasteiger partial charge < -0.3 is 19.8 Å². The lowest BCUT2D eigenvalue weighted by molar-refractivity contribution is -0.134. The zero-order valence-corrected chi connectivity index (χ0v) is 24.6. The molecule has 2 saturated heterocycles. The summed E-state index contributed by atoms with van der Waals surface area (Å²) in [5.74, 6) is -1.39. The van der Waals surface area contributed by atoms with Crippen molar-refractivity contribution in [1.29, 1.82) is 0 Å². The Morgan fingerprint density at radius 3 is 2.27 bits per heavy atom. The summed E-state index contributed by atoms with van der Waals surface area (Å²) in [6.07, 6.45) is 4.13. The third-order valence-corrected chi connectivity index (χ3v) is 9.58. The predicted octanol–water partition coefficient (Wildman–Crippen LogP) is 4.71. The summed E-state index contributed by atoms with van der Waals surface area (Å²) in [5, 5.41) is 9.70. The number of aromatic nitrogens is 2. The van der Waals surface area contributed by atoms with E-state index in [0.29, 0.717) is 50.7 Å². The van der Waals surface area contributed by atoms with E-state index in [4.69, 9.17) is 0 Å². The van der Waals surface area contributed by atoms with Gasteiger partial charge in [0.1, 0.15) is 11.4 Å². The van der Waals surface area contributed by atoms with Gasteiger partial charge in [-0.1, -0.05) is 30.3 Å². The summed E-state index contributed by atoms with van der Waals surface area (Å²) in [4.78, 5) is 45.4. The average molecular weight is 598 g/mol. The summed E-state index contributed by atoms with van der Waals surface area (Å²) in [6.45, 7) is 3.35. The molecule has 0 bridgehead atoms. The second kappa shape index (κ2) is 11.2. The smallest absolute Gasteiger partial charge is 0.336 e. The van der Waals surface area contributed by atoms with Crippen LogP contribution in [0.25, 0.3) is 11.0 Å². The number of imidazole rings is 1. The van der Waals surface area contributed by atoms with Crippen molar-refractivity contribution < 1.29 is 19.1 Å². The molecule has 3 heterocycles. The molecule has 2 aliphatic heterocycles. The number of benzene rings is 3. The molecule has 3 aliphatic rings. The topological polar surface area (TPSA) is 91.0 Å². The average Bonchev–Trinajstić information content (AvgIpc) is 3.79. The molecule has 1 amide bonds. The van der Waals surface area contributed by atoms with Gasteiger partial charge in [-0.2, -0.15) is 0 Å². The highest BCUT2D eigenvalue weighted by molar-refractivity contribution is 5.94. The number of likely N-dealkylation sites (tertiary alicyclic amines) is 1. The van der Waals surface area contributed by atoms with E-state index in [1.54, 1.807) is 41.3 Å². The maximum Gasteiger partial charge on any atom is 0.336 e. The number of aryl methyl sites for hydroxylation is 1. The first kappa shape index (κ1) is 28.3. The molecule has 9 nitrogen and oxygen atoms in total. The number of para-hydroxylation sites is 2. The van der Waals surface area contributed by atoms with Crippen molar-refractivity contribution in [3.8, 4) is 0 Å². The fraction of sp³-hybridized carbons (Fsp3) is 0.382. The van der Waals surface area contributed by atoms with Crippen LogP contribution in [0.3, 0.4) is 0 Å². The second-order valence-electron chi connectivity index (χ2n) is 12.3. The molecule has 44 heavy (non-hydrogen) atoms. The largest absolute Gasteiger partial charge is 0.478 e. The lowest BCUT2D eigenvalue weighted by atomic mass is 9.85. The van der Waals surface area contributed by atoms with Gasteiger partial charge in [0.2, 0.25) is 5.91 Å². The van der Waals surface area contributed by atoms with E-state index in [2.05, 4.69) is 9.80 Å². The minimum atomic E-state index is -1.02. The fourth-order valence-corrected chi connectivity index (χ4v) is 7.14. The van der Waals surface area contributed by atoms with Crippen molar-refractivity contribution in [3.05, 3.63) is 100 Å². The first-order valence-electron chi connectivity index (χ1n) is 15.4. The number of hydrogen-bond acceptors (Lipinski definition) is 5. The van der Waals surface area contributed by atoms with Gasteiger partial charge in [0.05, 0.1) is 23.3 Å². The van der Waals surface area contributed by atoms with Gasteiger partial charge in [0.25, 0.3) is 0 Å². The highest BCUT2D eigenvalue weighted by Crippen LogP contribution is 2.40. The van der Waals surface area contributed by atoms with Crippen LogP contribution in [-0.4, -0.2) is 67.8 Å². The number of aromatic carboxylic acids is 1. The number of nitrogens with zero attached hydrogens (tertiary/aromatic N) is 5. The van der Waals surface area contributed by atoms with Crippen LogP contribution < -0.4 is 10.6 Å². The number of amides is 1. The SMILES string of the molecule is O=C(O)c1ccccc1CN1CN(c2ccc(F)cc2)C2(CCN(CCCn3c(=O)n(C4CC4)c4ccccc43)CC2)C1=O.